The average Bonchev–Trinajstić information content (AvgIpc) is 2.81. The highest BCUT2D eigenvalue weighted by Gasteiger charge is 2.17. The molecule has 0 unspecified atom stereocenters. The van der Waals surface area contributed by atoms with E-state index in [-0.39, 0.29) is 5.91 Å². The predicted molar refractivity (Wildman–Crippen MR) is 160 cm³/mol. The SMILES string of the molecule is COC(=O)c1cc(C#C[Si](C)(C)C)c(N)nc1C.COC(=O)c1cc(C#C[Si](C)(C)C)c(NC(C)=O)nc1C. The molecule has 0 bridgehead atoms. The Balaban J connectivity index is 0.000000395. The van der Waals surface area contributed by atoms with Gasteiger partial charge in [0.2, 0.25) is 5.91 Å². The van der Waals surface area contributed by atoms with Crippen LogP contribution in [0.15, 0.2) is 12.1 Å². The van der Waals surface area contributed by atoms with E-state index in [4.69, 9.17) is 15.2 Å². The Bertz CT molecular complexity index is 1390. The number of carbonyl (C=O) groups excluding carboxylic acids is 3. The van der Waals surface area contributed by atoms with Crippen molar-refractivity contribution in [3.8, 4) is 22.9 Å². The number of anilines is 2. The molecule has 0 saturated heterocycles. The van der Waals surface area contributed by atoms with Crippen LogP contribution in [0.3, 0.4) is 0 Å². The van der Waals surface area contributed by atoms with Gasteiger partial charge in [0, 0.05) is 6.92 Å². The molecule has 9 nitrogen and oxygen atoms in total. The van der Waals surface area contributed by atoms with Gasteiger partial charge in [-0.25, -0.2) is 19.6 Å². The molecule has 0 spiro atoms. The zero-order valence-corrected chi connectivity index (χ0v) is 26.7. The molecule has 2 aromatic heterocycles. The van der Waals surface area contributed by atoms with Crippen molar-refractivity contribution < 1.29 is 23.9 Å². The number of nitrogens with zero attached hydrogens (tertiary/aromatic N) is 2. The van der Waals surface area contributed by atoms with Gasteiger partial charge in [0.25, 0.3) is 0 Å². The van der Waals surface area contributed by atoms with E-state index >= 15 is 0 Å². The van der Waals surface area contributed by atoms with Gasteiger partial charge < -0.3 is 20.5 Å². The zero-order chi connectivity index (χ0) is 30.1. The van der Waals surface area contributed by atoms with Crippen LogP contribution in [0.25, 0.3) is 0 Å². The average molecular weight is 567 g/mol. The maximum absolute atomic E-state index is 11.7. The molecule has 3 N–H and O–H groups in total. The Morgan fingerprint density at radius 2 is 1.21 bits per heavy atom. The first-order valence-corrected chi connectivity index (χ1v) is 19.2. The summed E-state index contributed by atoms with van der Waals surface area (Å²) in [6.07, 6.45) is 0. The molecule has 11 heteroatoms. The summed E-state index contributed by atoms with van der Waals surface area (Å²) >= 11 is 0. The number of esters is 2. The molecule has 1 amide bonds. The molecule has 2 heterocycles. The molecule has 208 valence electrons. The summed E-state index contributed by atoms with van der Waals surface area (Å²) < 4.78 is 9.43. The number of rotatable bonds is 3. The smallest absolute Gasteiger partial charge is 0.339 e. The van der Waals surface area contributed by atoms with Crippen LogP contribution in [0.1, 0.15) is 50.2 Å². The number of carbonyl (C=O) groups is 3. The normalized spacial score (nSPS) is 10.4. The largest absolute Gasteiger partial charge is 0.465 e. The Kier molecular flexibility index (Phi) is 11.7. The summed E-state index contributed by atoms with van der Waals surface area (Å²) in [6, 6.07) is 3.27. The third-order valence-corrected chi connectivity index (χ3v) is 6.46. The van der Waals surface area contributed by atoms with E-state index in [0.717, 1.165) is 0 Å². The lowest BCUT2D eigenvalue weighted by molar-refractivity contribution is -0.114. The Morgan fingerprint density at radius 3 is 1.62 bits per heavy atom. The van der Waals surface area contributed by atoms with E-state index in [2.05, 4.69) is 77.5 Å². The number of methoxy groups -OCH3 is 2. The van der Waals surface area contributed by atoms with E-state index in [1.54, 1.807) is 26.0 Å². The van der Waals surface area contributed by atoms with Crippen LogP contribution in [0.4, 0.5) is 11.6 Å². The van der Waals surface area contributed by atoms with Gasteiger partial charge in [-0.15, -0.1) is 11.1 Å². The van der Waals surface area contributed by atoms with Crippen LogP contribution in [0.2, 0.25) is 39.3 Å². The minimum absolute atomic E-state index is 0.233. The first-order chi connectivity index (χ1) is 17.9. The fraction of sp³-hybridized carbons (Fsp3) is 0.393. The lowest BCUT2D eigenvalue weighted by Crippen LogP contribution is -2.17. The second kappa shape index (κ2) is 13.7. The molecule has 2 rings (SSSR count). The van der Waals surface area contributed by atoms with Gasteiger partial charge in [-0.05, 0) is 26.0 Å². The minimum Gasteiger partial charge on any atom is -0.465 e. The quantitative estimate of drug-likeness (QED) is 0.318. The van der Waals surface area contributed by atoms with Crippen molar-refractivity contribution in [2.45, 2.75) is 60.1 Å². The van der Waals surface area contributed by atoms with Gasteiger partial charge in [0.05, 0.1) is 47.9 Å². The molecule has 0 saturated carbocycles. The van der Waals surface area contributed by atoms with Gasteiger partial charge in [-0.1, -0.05) is 51.1 Å². The topological polar surface area (TPSA) is 134 Å². The van der Waals surface area contributed by atoms with E-state index in [9.17, 15) is 14.4 Å². The standard InChI is InChI=1S/C15H20N2O3Si.C13H18N2O2Si/c1-10-13(15(19)20-3)9-12(7-8-21(4,5)6)14(16-10)17-11(2)18;1-9-11(13(16)17-2)8-10(12(14)15-9)6-7-18(3,4)5/h9H,1-6H3,(H,16,17,18);8H,1-5H3,(H2,14,15). The number of nitrogens with two attached hydrogens (primary N) is 1. The highest BCUT2D eigenvalue weighted by atomic mass is 28.3. The number of nitrogen functional groups attached to an aromatic ring is 1. The van der Waals surface area contributed by atoms with Crippen molar-refractivity contribution in [3.63, 3.8) is 0 Å². The van der Waals surface area contributed by atoms with Crippen LogP contribution in [-0.2, 0) is 14.3 Å². The number of ether oxygens (including phenoxy) is 2. The summed E-state index contributed by atoms with van der Waals surface area (Å²) in [6.45, 7) is 17.6. The minimum atomic E-state index is -1.59. The number of hydrogen-bond acceptors (Lipinski definition) is 8. The summed E-state index contributed by atoms with van der Waals surface area (Å²) in [7, 11) is -0.422. The molecule has 39 heavy (non-hydrogen) atoms. The summed E-state index contributed by atoms with van der Waals surface area (Å²) in [5, 5.41) is 2.65. The molecule has 0 fully saturated rings. The van der Waals surface area contributed by atoms with Crippen LogP contribution in [0, 0.1) is 36.8 Å². The molecule has 0 atom stereocenters. The van der Waals surface area contributed by atoms with Gasteiger partial charge >= 0.3 is 11.9 Å². The van der Waals surface area contributed by atoms with Crippen LogP contribution in [-0.4, -0.2) is 58.2 Å². The van der Waals surface area contributed by atoms with Crippen molar-refractivity contribution in [2.24, 2.45) is 0 Å². The summed E-state index contributed by atoms with van der Waals surface area (Å²) in [5.74, 6) is 5.65. The van der Waals surface area contributed by atoms with Gasteiger partial charge in [0.15, 0.2) is 0 Å². The molecular formula is C28H38N4O5Si2. The van der Waals surface area contributed by atoms with E-state index in [1.165, 1.54) is 21.1 Å². The van der Waals surface area contributed by atoms with Gasteiger partial charge in [-0.2, -0.15) is 0 Å². The van der Waals surface area contributed by atoms with E-state index < -0.39 is 28.1 Å². The van der Waals surface area contributed by atoms with E-state index in [1.807, 2.05) is 0 Å². The molecule has 0 aromatic carbocycles. The number of pyridine rings is 2. The van der Waals surface area contributed by atoms with Crippen molar-refractivity contribution in [3.05, 3.63) is 45.8 Å². The molecular weight excluding hydrogens is 529 g/mol. The van der Waals surface area contributed by atoms with Crippen molar-refractivity contribution in [1.29, 1.82) is 0 Å². The molecule has 2 aromatic rings. The first-order valence-electron chi connectivity index (χ1n) is 12.2. The predicted octanol–water partition coefficient (Wildman–Crippen LogP) is 4.35. The number of aromatic nitrogens is 2. The summed E-state index contributed by atoms with van der Waals surface area (Å²) in [5.41, 5.74) is 15.1. The zero-order valence-electron chi connectivity index (χ0n) is 24.7. The third-order valence-electron chi connectivity index (χ3n) is 4.71. The maximum Gasteiger partial charge on any atom is 0.339 e. The lowest BCUT2D eigenvalue weighted by Gasteiger charge is -2.10. The number of aryl methyl sites for hydroxylation is 2. The molecule has 0 aliphatic rings. The van der Waals surface area contributed by atoms with Crippen LogP contribution < -0.4 is 11.1 Å². The number of hydrogen-bond donors (Lipinski definition) is 2. The van der Waals surface area contributed by atoms with Crippen LogP contribution >= 0.6 is 0 Å². The highest BCUT2D eigenvalue weighted by Crippen LogP contribution is 2.18. The van der Waals surface area contributed by atoms with Gasteiger partial charge in [0.1, 0.15) is 27.8 Å². The maximum atomic E-state index is 11.7. The molecule has 0 aliphatic carbocycles. The van der Waals surface area contributed by atoms with Crippen molar-refractivity contribution in [2.75, 3.05) is 25.3 Å². The fourth-order valence-electron chi connectivity index (χ4n) is 2.83. The summed E-state index contributed by atoms with van der Waals surface area (Å²) in [4.78, 5) is 43.0. The highest BCUT2D eigenvalue weighted by molar-refractivity contribution is 6.84. The molecule has 0 radical (unpaired) electrons. The Hall–Kier alpha value is -3.94. The molecule has 0 aliphatic heterocycles. The number of nitrogens with one attached hydrogen (secondary N) is 1. The lowest BCUT2D eigenvalue weighted by atomic mass is 10.1. The second-order valence-corrected chi connectivity index (χ2v) is 20.2. The Morgan fingerprint density at radius 1 is 0.795 bits per heavy atom. The van der Waals surface area contributed by atoms with Crippen molar-refractivity contribution >= 4 is 45.6 Å². The third kappa shape index (κ3) is 11.1. The monoisotopic (exact) mass is 566 g/mol. The second-order valence-electron chi connectivity index (χ2n) is 10.7. The first kappa shape index (κ1) is 33.1. The Labute approximate surface area is 233 Å². The van der Waals surface area contributed by atoms with Gasteiger partial charge in [-0.3, -0.25) is 4.79 Å². The number of amides is 1. The van der Waals surface area contributed by atoms with Crippen LogP contribution in [0.5, 0.6) is 0 Å². The fourth-order valence-corrected chi connectivity index (χ4v) is 3.85. The van der Waals surface area contributed by atoms with E-state index in [0.29, 0.717) is 45.3 Å². The van der Waals surface area contributed by atoms with Crippen molar-refractivity contribution in [1.82, 2.24) is 9.97 Å².